The van der Waals surface area contributed by atoms with E-state index in [4.69, 9.17) is 25.0 Å². The summed E-state index contributed by atoms with van der Waals surface area (Å²) in [5.74, 6) is 5.41. The van der Waals surface area contributed by atoms with Gasteiger partial charge in [0.2, 0.25) is 11.3 Å². The number of hydrogen-bond acceptors (Lipinski definition) is 16. The number of rotatable bonds is 22. The molecule has 3 aliphatic heterocycles. The number of phosphoric ester groups is 1. The number of benzene rings is 2. The van der Waals surface area contributed by atoms with E-state index in [1.54, 1.807) is 6.07 Å². The Balaban J connectivity index is 1.09. The number of ether oxygens (including phenoxy) is 2. The molecule has 30 heteroatoms. The fourth-order valence-electron chi connectivity index (χ4n) is 11.0. The number of fused-ring (bicyclic) bond motifs is 3. The summed E-state index contributed by atoms with van der Waals surface area (Å²) in [6.07, 6.45) is 14.1. The molecule has 4 aliphatic rings. The zero-order chi connectivity index (χ0) is 62.9. The molecule has 7 rings (SSSR count). The molecule has 1 amide bonds. The third-order valence-corrected chi connectivity index (χ3v) is 20.3. The number of carbonyl (C=O) groups excluding carboxylic acids is 1. The Morgan fingerprint density at radius 3 is 2.38 bits per heavy atom. The van der Waals surface area contributed by atoms with Gasteiger partial charge < -0.3 is 40.1 Å². The standard InChI is InChI=1S/C55H70N5O20P3S2/c1-9-60-46-31-47-43(30-42(46)35(2)32-54(60,6)7)36(28-48(78-47)53(3,4)5)16-11-10-12-19-44-40(18-15-27-84(70,71)72)41-23-22-39(85(73,74)75)29-45(41)55(44,8)25-13-20-49(61)57-26-14-17-37-33-59(52(62)58-51(37)56)50-24-21-38(77-50)34-76-82(66,67)80-83(68,69)79-81(63,64)65/h10-12,16,19,22-23,28-33,38,40,50H,9,13,15,18,20-21,24-27,34H2,1-8H3,(H8-,56,57,58,61,62,63,64,65,66,67,68,69,70,71,72,73,74,75)/p+1/b12-10+,16-11+,44-19+/t38-,40?,50+,55?/m0/s1. The highest BCUT2D eigenvalue weighted by Crippen LogP contribution is 2.66. The summed E-state index contributed by atoms with van der Waals surface area (Å²) < 4.78 is 132. The molecule has 1 fully saturated rings. The van der Waals surface area contributed by atoms with Gasteiger partial charge in [-0.1, -0.05) is 81.6 Å². The van der Waals surface area contributed by atoms with Gasteiger partial charge in [-0.2, -0.15) is 30.4 Å². The van der Waals surface area contributed by atoms with Crippen molar-refractivity contribution in [2.45, 2.75) is 134 Å². The van der Waals surface area contributed by atoms with Gasteiger partial charge in [0, 0.05) is 54.0 Å². The molecule has 3 aromatic rings. The van der Waals surface area contributed by atoms with E-state index in [-0.39, 0.29) is 78.7 Å². The number of phosphoric acid groups is 3. The van der Waals surface area contributed by atoms with E-state index in [1.807, 2.05) is 43.4 Å². The Morgan fingerprint density at radius 1 is 1.00 bits per heavy atom. The van der Waals surface area contributed by atoms with Crippen LogP contribution >= 0.6 is 23.5 Å². The summed E-state index contributed by atoms with van der Waals surface area (Å²) in [4.78, 5) is 66.4. The molecule has 6 atom stereocenters. The maximum Gasteiger partial charge on any atom is 0.490 e. The molecule has 25 nitrogen and oxygen atoms in total. The number of anilines is 1. The molecular formula is C55H71N5O20P3S2+. The van der Waals surface area contributed by atoms with Crippen molar-refractivity contribution in [2.24, 2.45) is 5.41 Å². The summed E-state index contributed by atoms with van der Waals surface area (Å²) >= 11 is 0. The number of nitrogen functional groups attached to an aromatic ring is 1. The highest BCUT2D eigenvalue weighted by Gasteiger charge is 2.45. The van der Waals surface area contributed by atoms with Crippen LogP contribution in [0, 0.1) is 17.3 Å². The predicted molar refractivity (Wildman–Crippen MR) is 315 cm³/mol. The van der Waals surface area contributed by atoms with Crippen molar-refractivity contribution in [1.29, 1.82) is 0 Å². The van der Waals surface area contributed by atoms with Gasteiger partial charge in [-0.3, -0.25) is 23.0 Å². The lowest BCUT2D eigenvalue weighted by molar-refractivity contribution is -0.121. The molecule has 85 heavy (non-hydrogen) atoms. The number of nitrogens with one attached hydrogen (secondary N) is 1. The van der Waals surface area contributed by atoms with Gasteiger partial charge in [0.15, 0.2) is 5.54 Å². The number of likely N-dealkylation sites (N-methyl/N-ethyl adjacent to an activating group) is 1. The quantitative estimate of drug-likeness (QED) is 0.0178. The zero-order valence-corrected chi connectivity index (χ0v) is 52.3. The second-order valence-electron chi connectivity index (χ2n) is 22.6. The number of nitrogens with two attached hydrogens (primary N) is 1. The van der Waals surface area contributed by atoms with Crippen molar-refractivity contribution in [2.75, 3.05) is 31.2 Å². The van der Waals surface area contributed by atoms with Crippen molar-refractivity contribution in [1.82, 2.24) is 19.4 Å². The highest BCUT2D eigenvalue weighted by atomic mass is 32.2. The second-order valence-corrected chi connectivity index (χ2v) is 30.1. The predicted octanol–water partition coefficient (Wildman–Crippen LogP) is 6.37. The van der Waals surface area contributed by atoms with Crippen molar-refractivity contribution in [3.8, 4) is 17.6 Å². The molecular weight excluding hydrogens is 1210 g/mol. The lowest BCUT2D eigenvalue weighted by Gasteiger charge is -2.30. The number of hydrogen-bond donors (Lipinski definition) is 8. The van der Waals surface area contributed by atoms with Crippen LogP contribution in [-0.4, -0.2) is 98.1 Å². The van der Waals surface area contributed by atoms with Gasteiger partial charge in [-0.05, 0) is 105 Å². The Hall–Kier alpha value is -5.49. The maximum atomic E-state index is 13.4. The van der Waals surface area contributed by atoms with Crippen molar-refractivity contribution >= 4 is 66.6 Å². The highest BCUT2D eigenvalue weighted by molar-refractivity contribution is 7.86. The Bertz CT molecular complexity index is 3980. The molecule has 0 bridgehead atoms. The molecule has 0 saturated carbocycles. The third-order valence-electron chi connectivity index (χ3n) is 14.8. The van der Waals surface area contributed by atoms with Gasteiger partial charge in [0.05, 0.1) is 41.5 Å². The number of carbonyl (C=O) groups is 1. The fourth-order valence-corrected chi connectivity index (χ4v) is 15.1. The third kappa shape index (κ3) is 17.0. The molecule has 1 aliphatic carbocycles. The first-order valence-electron chi connectivity index (χ1n) is 26.9. The van der Waals surface area contributed by atoms with Crippen molar-refractivity contribution in [3.63, 3.8) is 0 Å². The monoisotopic (exact) mass is 1280 g/mol. The molecule has 9 N–H and O–H groups in total. The minimum Gasteiger partial charge on any atom is -0.460 e. The van der Waals surface area contributed by atoms with Crippen LogP contribution in [0.15, 0.2) is 100 Å². The van der Waals surface area contributed by atoms with Crippen LogP contribution in [0.1, 0.15) is 135 Å². The molecule has 2 aromatic carbocycles. The summed E-state index contributed by atoms with van der Waals surface area (Å²) in [6.45, 7) is 16.6. The van der Waals surface area contributed by atoms with Gasteiger partial charge in [0.25, 0.3) is 20.2 Å². The van der Waals surface area contributed by atoms with E-state index in [0.29, 0.717) is 11.1 Å². The van der Waals surface area contributed by atoms with Gasteiger partial charge in [0.1, 0.15) is 30.1 Å². The zero-order valence-electron chi connectivity index (χ0n) is 48.0. The summed E-state index contributed by atoms with van der Waals surface area (Å²) in [5, 5.41) is 4.73. The van der Waals surface area contributed by atoms with E-state index in [2.05, 4.69) is 107 Å². The average molecular weight is 1280 g/mol. The van der Waals surface area contributed by atoms with Crippen LogP contribution in [0.4, 0.5) is 5.82 Å². The first-order valence-corrected chi connectivity index (χ1v) is 34.5. The van der Waals surface area contributed by atoms with Crippen molar-refractivity contribution < 1.29 is 86.6 Å². The van der Waals surface area contributed by atoms with Crippen LogP contribution in [0.25, 0.3) is 11.1 Å². The van der Waals surface area contributed by atoms with E-state index in [9.17, 15) is 59.0 Å². The molecule has 0 radical (unpaired) electrons. The van der Waals surface area contributed by atoms with Crippen LogP contribution in [-0.2, 0) is 62.0 Å². The SMILES string of the molecule is CC[N+]1=c2cc3c(cc2C(C)=CC1(C)C)=C(/C=C/C=C/C=C1\C(CCCS(=O)(=O)O)c2ccc(S(=O)(=O)O)cc2C1(C)CCCC(=O)NCC#Cc1cn([C@H]2CC[C@@H](COP(=O)(O)OP(=O)(O)OP(=O)(O)O)O2)c(=O)nc1N)C=C(C(C)(C)C)O3. The summed E-state index contributed by atoms with van der Waals surface area (Å²) in [6, 6.07) is 8.56. The lowest BCUT2D eigenvalue weighted by Crippen LogP contribution is -2.49. The van der Waals surface area contributed by atoms with Crippen LogP contribution in [0.3, 0.4) is 0 Å². The van der Waals surface area contributed by atoms with Crippen LogP contribution < -0.4 is 36.6 Å². The number of aromatic nitrogens is 2. The topological polar surface area (TPSA) is 380 Å². The molecule has 4 unspecified atom stereocenters. The van der Waals surface area contributed by atoms with Crippen LogP contribution in [0.5, 0.6) is 5.75 Å². The number of nitrogens with zero attached hydrogens (tertiary/aromatic N) is 3. The fraction of sp³-hybridized carbons (Fsp3) is 0.455. The largest absolute Gasteiger partial charge is 0.490 e. The maximum absolute atomic E-state index is 13.4. The van der Waals surface area contributed by atoms with Crippen molar-refractivity contribution in [3.05, 3.63) is 134 Å². The van der Waals surface area contributed by atoms with E-state index < -0.39 is 91.3 Å². The van der Waals surface area contributed by atoms with Crippen LogP contribution in [0.2, 0.25) is 0 Å². The van der Waals surface area contributed by atoms with E-state index in [1.165, 1.54) is 18.3 Å². The number of allylic oxidation sites excluding steroid dienone is 9. The average Bonchev–Trinajstić information content (AvgIpc) is 1.82. The normalized spacial score (nSPS) is 22.4. The molecule has 462 valence electrons. The first-order chi connectivity index (χ1) is 39.3. The van der Waals surface area contributed by atoms with Gasteiger partial charge in [-0.15, -0.1) is 0 Å². The minimum atomic E-state index is -5.75. The minimum absolute atomic E-state index is 0.0265. The first kappa shape index (κ1) is 67.0. The van der Waals surface area contributed by atoms with E-state index in [0.717, 1.165) is 55.5 Å². The lowest BCUT2D eigenvalue weighted by atomic mass is 9.74. The number of amides is 1. The molecule has 1 aromatic heterocycles. The second kappa shape index (κ2) is 25.7. The van der Waals surface area contributed by atoms with Gasteiger partial charge >= 0.3 is 29.2 Å². The van der Waals surface area contributed by atoms with E-state index >= 15 is 0 Å². The molecule has 4 heterocycles. The Morgan fingerprint density at radius 2 is 1.72 bits per heavy atom. The Kier molecular flexibility index (Phi) is 20.3. The summed E-state index contributed by atoms with van der Waals surface area (Å²) in [5.41, 5.74) is 8.95. The Labute approximate surface area is 492 Å². The smallest absolute Gasteiger partial charge is 0.460 e. The summed E-state index contributed by atoms with van der Waals surface area (Å²) in [7, 11) is -25.8. The van der Waals surface area contributed by atoms with Gasteiger partial charge in [-0.25, -0.2) is 23.1 Å². The molecule has 1 saturated heterocycles. The molecule has 0 spiro atoms.